The van der Waals surface area contributed by atoms with Gasteiger partial charge in [0.25, 0.3) is 0 Å². The molecule has 0 aliphatic rings. The standard InChI is InChI=1S/C30H45NO3/c1-14-22(27(5,6)7)18-20-24(16-3)33-29(10,11)26(32)28(8,9)23(15-2)19-21-25(17-4)34-30(12,13)31/h14-21H,1-4,31H2,5-13H3/b22-18+,23-19+,24-20+,25-21+. The first kappa shape index (κ1) is 31.1. The Bertz CT molecular complexity index is 908. The van der Waals surface area contributed by atoms with Crippen LogP contribution in [0.15, 0.2) is 97.6 Å². The van der Waals surface area contributed by atoms with E-state index in [0.29, 0.717) is 17.1 Å². The van der Waals surface area contributed by atoms with E-state index in [0.717, 1.165) is 5.57 Å². The average Bonchev–Trinajstić information content (AvgIpc) is 2.69. The van der Waals surface area contributed by atoms with Crippen LogP contribution >= 0.6 is 0 Å². The van der Waals surface area contributed by atoms with Crippen LogP contribution in [0.3, 0.4) is 0 Å². The molecule has 0 unspecified atom stereocenters. The molecule has 0 rings (SSSR count). The van der Waals surface area contributed by atoms with E-state index in [1.54, 1.807) is 58.1 Å². The smallest absolute Gasteiger partial charge is 0.185 e. The van der Waals surface area contributed by atoms with Crippen molar-refractivity contribution in [3.63, 3.8) is 0 Å². The van der Waals surface area contributed by atoms with Gasteiger partial charge < -0.3 is 9.47 Å². The monoisotopic (exact) mass is 467 g/mol. The summed E-state index contributed by atoms with van der Waals surface area (Å²) >= 11 is 0. The first-order chi connectivity index (χ1) is 15.4. The molecular formula is C30H45NO3. The first-order valence-electron chi connectivity index (χ1n) is 11.4. The summed E-state index contributed by atoms with van der Waals surface area (Å²) in [5, 5.41) is 0. The van der Waals surface area contributed by atoms with Crippen LogP contribution in [0.5, 0.6) is 0 Å². The third-order valence-electron chi connectivity index (χ3n) is 5.15. The lowest BCUT2D eigenvalue weighted by atomic mass is 9.74. The zero-order valence-electron chi connectivity index (χ0n) is 22.7. The summed E-state index contributed by atoms with van der Waals surface area (Å²) in [6, 6.07) is 0. The summed E-state index contributed by atoms with van der Waals surface area (Å²) in [6.45, 7) is 32.4. The molecule has 188 valence electrons. The molecule has 0 aliphatic carbocycles. The Morgan fingerprint density at radius 1 is 0.647 bits per heavy atom. The highest BCUT2D eigenvalue weighted by molar-refractivity contribution is 5.94. The maximum Gasteiger partial charge on any atom is 0.185 e. The number of hydrogen-bond donors (Lipinski definition) is 1. The highest BCUT2D eigenvalue weighted by atomic mass is 16.5. The van der Waals surface area contributed by atoms with Gasteiger partial charge in [-0.2, -0.15) is 0 Å². The van der Waals surface area contributed by atoms with Crippen LogP contribution in [0.2, 0.25) is 0 Å². The molecule has 2 N–H and O–H groups in total. The van der Waals surface area contributed by atoms with Crippen molar-refractivity contribution in [1.29, 1.82) is 0 Å². The number of rotatable bonds is 13. The molecule has 0 bridgehead atoms. The lowest BCUT2D eigenvalue weighted by Gasteiger charge is -2.35. The van der Waals surface area contributed by atoms with E-state index in [1.807, 2.05) is 32.1 Å². The third-order valence-corrected chi connectivity index (χ3v) is 5.15. The maximum absolute atomic E-state index is 13.6. The van der Waals surface area contributed by atoms with E-state index >= 15 is 0 Å². The van der Waals surface area contributed by atoms with E-state index in [-0.39, 0.29) is 11.2 Å². The zero-order valence-corrected chi connectivity index (χ0v) is 22.7. The van der Waals surface area contributed by atoms with E-state index in [9.17, 15) is 4.79 Å². The molecule has 0 saturated heterocycles. The van der Waals surface area contributed by atoms with Gasteiger partial charge in [-0.3, -0.25) is 10.5 Å². The number of ether oxygens (including phenoxy) is 2. The van der Waals surface area contributed by atoms with Crippen LogP contribution in [-0.2, 0) is 14.3 Å². The van der Waals surface area contributed by atoms with Crippen LogP contribution in [0.4, 0.5) is 0 Å². The Hall–Kier alpha value is -2.85. The summed E-state index contributed by atoms with van der Waals surface area (Å²) in [5.74, 6) is 0.872. The lowest BCUT2D eigenvalue weighted by Crippen LogP contribution is -2.44. The van der Waals surface area contributed by atoms with Crippen molar-refractivity contribution in [2.45, 2.75) is 73.6 Å². The van der Waals surface area contributed by atoms with Crippen molar-refractivity contribution in [3.05, 3.63) is 97.6 Å². The quantitative estimate of drug-likeness (QED) is 0.173. The summed E-state index contributed by atoms with van der Waals surface area (Å²) in [4.78, 5) is 13.6. The van der Waals surface area contributed by atoms with Gasteiger partial charge in [0, 0.05) is 0 Å². The Morgan fingerprint density at radius 3 is 1.41 bits per heavy atom. The second kappa shape index (κ2) is 12.0. The molecule has 0 saturated carbocycles. The molecule has 0 aromatic rings. The Morgan fingerprint density at radius 2 is 1.06 bits per heavy atom. The molecule has 0 radical (unpaired) electrons. The van der Waals surface area contributed by atoms with Crippen LogP contribution in [0, 0.1) is 10.8 Å². The number of carbonyl (C=O) groups is 1. The van der Waals surface area contributed by atoms with Crippen molar-refractivity contribution in [1.82, 2.24) is 0 Å². The van der Waals surface area contributed by atoms with E-state index in [2.05, 4.69) is 47.1 Å². The maximum atomic E-state index is 13.6. The van der Waals surface area contributed by atoms with Gasteiger partial charge in [0.1, 0.15) is 11.5 Å². The highest BCUT2D eigenvalue weighted by Gasteiger charge is 2.42. The van der Waals surface area contributed by atoms with Gasteiger partial charge in [-0.15, -0.1) is 0 Å². The number of ketones is 1. The summed E-state index contributed by atoms with van der Waals surface area (Å²) < 4.78 is 11.8. The molecule has 0 heterocycles. The van der Waals surface area contributed by atoms with Crippen LogP contribution < -0.4 is 5.73 Å². The summed E-state index contributed by atoms with van der Waals surface area (Å²) in [7, 11) is 0. The minimum Gasteiger partial charge on any atom is -0.480 e. The largest absolute Gasteiger partial charge is 0.480 e. The fraction of sp³-hybridized carbons (Fsp3) is 0.433. The number of Topliss-reactive ketones (excluding diaryl/α,β-unsaturated/α-hetero) is 1. The third kappa shape index (κ3) is 9.56. The first-order valence-corrected chi connectivity index (χ1v) is 11.4. The minimum absolute atomic E-state index is 0.0673. The second-order valence-corrected chi connectivity index (χ2v) is 10.7. The van der Waals surface area contributed by atoms with Gasteiger partial charge in [-0.25, -0.2) is 0 Å². The van der Waals surface area contributed by atoms with Crippen LogP contribution in [0.25, 0.3) is 0 Å². The van der Waals surface area contributed by atoms with Gasteiger partial charge >= 0.3 is 0 Å². The molecule has 0 atom stereocenters. The number of carbonyl (C=O) groups excluding carboxylic acids is 1. The minimum atomic E-state index is -1.13. The molecular weight excluding hydrogens is 422 g/mol. The number of hydrogen-bond acceptors (Lipinski definition) is 4. The van der Waals surface area contributed by atoms with Crippen molar-refractivity contribution < 1.29 is 14.3 Å². The fourth-order valence-electron chi connectivity index (χ4n) is 3.32. The van der Waals surface area contributed by atoms with Crippen molar-refractivity contribution in [3.8, 4) is 0 Å². The van der Waals surface area contributed by atoms with Crippen molar-refractivity contribution in [2.75, 3.05) is 0 Å². The number of allylic oxidation sites excluding steroid dienone is 10. The lowest BCUT2D eigenvalue weighted by molar-refractivity contribution is -0.142. The average molecular weight is 468 g/mol. The van der Waals surface area contributed by atoms with Gasteiger partial charge in [0.2, 0.25) is 0 Å². The molecule has 0 aromatic heterocycles. The van der Waals surface area contributed by atoms with E-state index in [4.69, 9.17) is 15.2 Å². The second-order valence-electron chi connectivity index (χ2n) is 10.7. The van der Waals surface area contributed by atoms with Gasteiger partial charge in [-0.05, 0) is 82.4 Å². The zero-order chi connectivity index (χ0) is 27.0. The van der Waals surface area contributed by atoms with Crippen molar-refractivity contribution in [2.24, 2.45) is 16.6 Å². The fourth-order valence-corrected chi connectivity index (χ4v) is 3.32. The van der Waals surface area contributed by atoms with Crippen molar-refractivity contribution >= 4 is 5.78 Å². The summed E-state index contributed by atoms with van der Waals surface area (Å²) in [6.07, 6.45) is 13.9. The SMILES string of the molecule is C=C/C(=C\C=C(/C=C)C(C)(C)C(=O)C(C)(C)O/C(C=C)=C/C=C(\C=C)C(C)(C)C)OC(C)(C)N. The predicted molar refractivity (Wildman–Crippen MR) is 146 cm³/mol. The van der Waals surface area contributed by atoms with Crippen LogP contribution in [-0.4, -0.2) is 17.1 Å². The van der Waals surface area contributed by atoms with Crippen LogP contribution in [0.1, 0.15) is 62.3 Å². The van der Waals surface area contributed by atoms with E-state index in [1.165, 1.54) is 0 Å². The highest BCUT2D eigenvalue weighted by Crippen LogP contribution is 2.35. The van der Waals surface area contributed by atoms with Gasteiger partial charge in [0.05, 0.1) is 5.41 Å². The summed E-state index contributed by atoms with van der Waals surface area (Å²) in [5.41, 5.74) is 4.73. The molecule has 34 heavy (non-hydrogen) atoms. The molecule has 0 amide bonds. The Labute approximate surface area is 208 Å². The predicted octanol–water partition coefficient (Wildman–Crippen LogP) is 7.50. The molecule has 0 spiro atoms. The van der Waals surface area contributed by atoms with Gasteiger partial charge in [0.15, 0.2) is 17.1 Å². The van der Waals surface area contributed by atoms with E-state index < -0.39 is 16.7 Å². The molecule has 0 fully saturated rings. The Balaban J connectivity index is 6.09. The molecule has 0 aromatic carbocycles. The topological polar surface area (TPSA) is 61.5 Å². The molecule has 0 aliphatic heterocycles. The molecule has 4 nitrogen and oxygen atoms in total. The molecule has 4 heteroatoms. The Kier molecular flexibility index (Phi) is 11.0. The van der Waals surface area contributed by atoms with Gasteiger partial charge in [-0.1, -0.05) is 71.4 Å². The number of nitrogens with two attached hydrogens (primary N) is 1. The normalized spacial score (nSPS) is 14.9.